The summed E-state index contributed by atoms with van der Waals surface area (Å²) in [4.78, 5) is 4.07. The van der Waals surface area contributed by atoms with Gasteiger partial charge in [-0.05, 0) is 12.1 Å². The quantitative estimate of drug-likeness (QED) is 0.874. The topological polar surface area (TPSA) is 37.0 Å². The average Bonchev–Trinajstić information content (AvgIpc) is 2.38. The van der Waals surface area contributed by atoms with Gasteiger partial charge in [0.25, 0.3) is 0 Å². The summed E-state index contributed by atoms with van der Waals surface area (Å²) in [6.45, 7) is 0.291. The van der Waals surface area contributed by atoms with Gasteiger partial charge in [0.15, 0.2) is 0 Å². The highest BCUT2D eigenvalue weighted by Crippen LogP contribution is 2.15. The lowest BCUT2D eigenvalue weighted by molar-refractivity contribution is 0.574. The molecule has 0 aliphatic rings. The predicted octanol–water partition coefficient (Wildman–Crippen LogP) is 3.01. The highest BCUT2D eigenvalue weighted by Gasteiger charge is 2.03. The molecule has 0 aliphatic heterocycles. The molecule has 18 heavy (non-hydrogen) atoms. The van der Waals surface area contributed by atoms with Gasteiger partial charge in [0.1, 0.15) is 17.5 Å². The zero-order valence-corrected chi connectivity index (χ0v) is 9.87. The number of hydrogen-bond acceptors (Lipinski definition) is 3. The van der Waals surface area contributed by atoms with E-state index in [2.05, 4.69) is 15.6 Å². The van der Waals surface area contributed by atoms with Gasteiger partial charge in [0.05, 0.1) is 0 Å². The minimum atomic E-state index is -0.572. The lowest BCUT2D eigenvalue weighted by Gasteiger charge is -2.08. The molecule has 0 unspecified atom stereocenters. The summed E-state index contributed by atoms with van der Waals surface area (Å²) >= 11 is 0. The molecule has 0 atom stereocenters. The van der Waals surface area contributed by atoms with E-state index < -0.39 is 11.6 Å². The molecule has 94 valence electrons. The van der Waals surface area contributed by atoms with Crippen LogP contribution in [0.3, 0.4) is 0 Å². The second-order valence-electron chi connectivity index (χ2n) is 3.77. The molecule has 0 saturated carbocycles. The Hall–Kier alpha value is -2.17. The number of nitrogens with zero attached hydrogens (tertiary/aromatic N) is 1. The van der Waals surface area contributed by atoms with Crippen molar-refractivity contribution < 1.29 is 8.78 Å². The minimum absolute atomic E-state index is 0.291. The van der Waals surface area contributed by atoms with E-state index in [1.807, 2.05) is 0 Å². The highest BCUT2D eigenvalue weighted by atomic mass is 19.1. The third-order valence-electron chi connectivity index (χ3n) is 2.51. The molecule has 1 aromatic carbocycles. The van der Waals surface area contributed by atoms with Crippen LogP contribution in [0.15, 0.2) is 36.5 Å². The molecule has 2 rings (SSSR count). The highest BCUT2D eigenvalue weighted by molar-refractivity contribution is 5.51. The van der Waals surface area contributed by atoms with E-state index in [1.165, 1.54) is 12.1 Å². The number of benzene rings is 1. The van der Waals surface area contributed by atoms with Crippen molar-refractivity contribution in [1.82, 2.24) is 4.98 Å². The summed E-state index contributed by atoms with van der Waals surface area (Å²) < 4.78 is 26.1. The molecular weight excluding hydrogens is 236 g/mol. The molecule has 0 radical (unpaired) electrons. The van der Waals surface area contributed by atoms with Crippen LogP contribution < -0.4 is 10.6 Å². The van der Waals surface area contributed by atoms with Crippen molar-refractivity contribution in [2.75, 3.05) is 17.7 Å². The first-order chi connectivity index (χ1) is 8.69. The van der Waals surface area contributed by atoms with Crippen molar-refractivity contribution in [1.29, 1.82) is 0 Å². The Balaban J connectivity index is 2.06. The number of hydrogen-bond donors (Lipinski definition) is 2. The average molecular weight is 249 g/mol. The molecule has 0 saturated heterocycles. The Bertz CT molecular complexity index is 544. The summed E-state index contributed by atoms with van der Waals surface area (Å²) in [7, 11) is 1.77. The number of halogens is 2. The van der Waals surface area contributed by atoms with Gasteiger partial charge in [-0.2, -0.15) is 0 Å². The van der Waals surface area contributed by atoms with Gasteiger partial charge in [0.2, 0.25) is 0 Å². The SMILES string of the molecule is CNc1cc(NCc2ccc(F)cc2F)ccn1. The van der Waals surface area contributed by atoms with E-state index in [4.69, 9.17) is 0 Å². The second kappa shape index (κ2) is 5.44. The van der Waals surface area contributed by atoms with Crippen LogP contribution in [0.2, 0.25) is 0 Å². The summed E-state index contributed by atoms with van der Waals surface area (Å²) in [5, 5.41) is 5.96. The van der Waals surface area contributed by atoms with Gasteiger partial charge < -0.3 is 10.6 Å². The smallest absolute Gasteiger partial charge is 0.131 e. The summed E-state index contributed by atoms with van der Waals surface area (Å²) in [5.41, 5.74) is 1.23. The summed E-state index contributed by atoms with van der Waals surface area (Å²) in [6, 6.07) is 7.13. The molecule has 1 heterocycles. The first kappa shape index (κ1) is 12.3. The fourth-order valence-electron chi connectivity index (χ4n) is 1.54. The van der Waals surface area contributed by atoms with E-state index in [0.29, 0.717) is 12.1 Å². The maximum Gasteiger partial charge on any atom is 0.131 e. The Kier molecular flexibility index (Phi) is 3.72. The molecule has 0 bridgehead atoms. The molecule has 5 heteroatoms. The zero-order valence-electron chi connectivity index (χ0n) is 9.87. The van der Waals surface area contributed by atoms with Crippen molar-refractivity contribution >= 4 is 11.5 Å². The van der Waals surface area contributed by atoms with Gasteiger partial charge in [-0.3, -0.25) is 0 Å². The summed E-state index contributed by atoms with van der Waals surface area (Å²) in [5.74, 6) is -0.400. The van der Waals surface area contributed by atoms with E-state index >= 15 is 0 Å². The van der Waals surface area contributed by atoms with Gasteiger partial charge in [-0.1, -0.05) is 6.07 Å². The third kappa shape index (κ3) is 2.94. The normalized spacial score (nSPS) is 10.2. The van der Waals surface area contributed by atoms with Crippen LogP contribution in [0.4, 0.5) is 20.3 Å². The number of pyridine rings is 1. The van der Waals surface area contributed by atoms with Crippen molar-refractivity contribution in [3.05, 3.63) is 53.7 Å². The van der Waals surface area contributed by atoms with Crippen LogP contribution in [0, 0.1) is 11.6 Å². The predicted molar refractivity (Wildman–Crippen MR) is 67.5 cm³/mol. The van der Waals surface area contributed by atoms with E-state index in [0.717, 1.165) is 17.6 Å². The molecular formula is C13H13F2N3. The van der Waals surface area contributed by atoms with E-state index in [9.17, 15) is 8.78 Å². The lowest BCUT2D eigenvalue weighted by atomic mass is 10.2. The van der Waals surface area contributed by atoms with Crippen LogP contribution in [0.25, 0.3) is 0 Å². The molecule has 1 aromatic heterocycles. The molecule has 2 N–H and O–H groups in total. The number of nitrogens with one attached hydrogen (secondary N) is 2. The van der Waals surface area contributed by atoms with Crippen molar-refractivity contribution in [2.24, 2.45) is 0 Å². The fraction of sp³-hybridized carbons (Fsp3) is 0.154. The van der Waals surface area contributed by atoms with Crippen molar-refractivity contribution in [3.63, 3.8) is 0 Å². The molecule has 0 spiro atoms. The molecule has 0 fully saturated rings. The van der Waals surface area contributed by atoms with Crippen LogP contribution in [-0.4, -0.2) is 12.0 Å². The van der Waals surface area contributed by atoms with Gasteiger partial charge in [0, 0.05) is 43.2 Å². The number of anilines is 2. The van der Waals surface area contributed by atoms with Gasteiger partial charge in [-0.25, -0.2) is 13.8 Å². The van der Waals surface area contributed by atoms with Gasteiger partial charge in [-0.15, -0.1) is 0 Å². The van der Waals surface area contributed by atoms with Crippen LogP contribution in [0.1, 0.15) is 5.56 Å². The van der Waals surface area contributed by atoms with Crippen molar-refractivity contribution in [2.45, 2.75) is 6.54 Å². The fourth-order valence-corrected chi connectivity index (χ4v) is 1.54. The van der Waals surface area contributed by atoms with E-state index in [-0.39, 0.29) is 0 Å². The Morgan fingerprint density at radius 1 is 1.17 bits per heavy atom. The first-order valence-electron chi connectivity index (χ1n) is 5.50. The Morgan fingerprint density at radius 2 is 2.00 bits per heavy atom. The van der Waals surface area contributed by atoms with Crippen molar-refractivity contribution in [3.8, 4) is 0 Å². The lowest BCUT2D eigenvalue weighted by Crippen LogP contribution is -2.03. The van der Waals surface area contributed by atoms with Crippen LogP contribution >= 0.6 is 0 Å². The summed E-state index contributed by atoms with van der Waals surface area (Å²) in [6.07, 6.45) is 1.65. The first-order valence-corrected chi connectivity index (χ1v) is 5.50. The van der Waals surface area contributed by atoms with Crippen LogP contribution in [-0.2, 0) is 6.54 Å². The standard InChI is InChI=1S/C13H13F2N3/c1-16-13-7-11(4-5-17-13)18-8-9-2-3-10(14)6-12(9)15/h2-7H,8H2,1H3,(H2,16,17,18). The second-order valence-corrected chi connectivity index (χ2v) is 3.77. The molecule has 3 nitrogen and oxygen atoms in total. The molecule has 2 aromatic rings. The van der Waals surface area contributed by atoms with E-state index in [1.54, 1.807) is 25.4 Å². The van der Waals surface area contributed by atoms with Crippen LogP contribution in [0.5, 0.6) is 0 Å². The van der Waals surface area contributed by atoms with Gasteiger partial charge >= 0.3 is 0 Å². The zero-order chi connectivity index (χ0) is 13.0. The Labute approximate surface area is 104 Å². The maximum absolute atomic E-state index is 13.4. The molecule has 0 aliphatic carbocycles. The minimum Gasteiger partial charge on any atom is -0.381 e. The third-order valence-corrected chi connectivity index (χ3v) is 2.51. The number of aromatic nitrogens is 1. The monoisotopic (exact) mass is 249 g/mol. The Morgan fingerprint density at radius 3 is 2.72 bits per heavy atom. The molecule has 0 amide bonds. The largest absolute Gasteiger partial charge is 0.381 e. The number of rotatable bonds is 4. The maximum atomic E-state index is 13.4.